The average Bonchev–Trinajstić information content (AvgIpc) is 2.59. The van der Waals surface area contributed by atoms with Gasteiger partial charge in [-0.25, -0.2) is 0 Å². The minimum Gasteiger partial charge on any atom is -0.493 e. The molecule has 0 radical (unpaired) electrons. The van der Waals surface area contributed by atoms with Crippen LogP contribution in [0.4, 0.5) is 0 Å². The summed E-state index contributed by atoms with van der Waals surface area (Å²) in [6, 6.07) is 15.7. The highest BCUT2D eigenvalue weighted by Crippen LogP contribution is 2.29. The summed E-state index contributed by atoms with van der Waals surface area (Å²) >= 11 is 0. The number of benzene rings is 2. The van der Waals surface area contributed by atoms with Gasteiger partial charge in [-0.1, -0.05) is 36.4 Å². The molecule has 2 rings (SSSR count). The molecule has 0 aliphatic carbocycles. The topological polar surface area (TPSA) is 44.8 Å². The van der Waals surface area contributed by atoms with Crippen LogP contribution in [-0.2, 0) is 22.6 Å². The van der Waals surface area contributed by atoms with E-state index in [1.54, 1.807) is 14.0 Å². The Labute approximate surface area is 137 Å². The van der Waals surface area contributed by atoms with Crippen LogP contribution in [0.3, 0.4) is 0 Å². The first kappa shape index (κ1) is 16.9. The lowest BCUT2D eigenvalue weighted by Crippen LogP contribution is -2.05. The number of carbonyl (C=O) groups is 1. The van der Waals surface area contributed by atoms with Crippen LogP contribution >= 0.6 is 0 Å². The maximum Gasteiger partial charge on any atom is 0.306 e. The molecule has 0 fully saturated rings. The van der Waals surface area contributed by atoms with E-state index in [0.29, 0.717) is 37.6 Å². The van der Waals surface area contributed by atoms with Gasteiger partial charge in [-0.05, 0) is 36.6 Å². The Morgan fingerprint density at radius 2 is 1.78 bits per heavy atom. The smallest absolute Gasteiger partial charge is 0.306 e. The van der Waals surface area contributed by atoms with Crippen LogP contribution in [0.5, 0.6) is 11.5 Å². The Morgan fingerprint density at radius 3 is 2.48 bits per heavy atom. The molecule has 23 heavy (non-hydrogen) atoms. The van der Waals surface area contributed by atoms with Gasteiger partial charge in [0.2, 0.25) is 0 Å². The third-order valence-corrected chi connectivity index (χ3v) is 3.39. The van der Waals surface area contributed by atoms with E-state index in [4.69, 9.17) is 14.2 Å². The van der Waals surface area contributed by atoms with Gasteiger partial charge in [0.25, 0.3) is 0 Å². The second kappa shape index (κ2) is 8.83. The largest absolute Gasteiger partial charge is 0.493 e. The van der Waals surface area contributed by atoms with Crippen molar-refractivity contribution < 1.29 is 19.0 Å². The summed E-state index contributed by atoms with van der Waals surface area (Å²) in [6.07, 6.45) is 0.975. The molecule has 0 N–H and O–H groups in total. The van der Waals surface area contributed by atoms with Gasteiger partial charge in [-0.15, -0.1) is 0 Å². The summed E-state index contributed by atoms with van der Waals surface area (Å²) in [7, 11) is 1.61. The molecule has 0 spiro atoms. The van der Waals surface area contributed by atoms with Gasteiger partial charge >= 0.3 is 5.97 Å². The fourth-order valence-corrected chi connectivity index (χ4v) is 2.20. The van der Waals surface area contributed by atoms with E-state index in [0.717, 1.165) is 11.1 Å². The minimum atomic E-state index is -0.185. The summed E-state index contributed by atoms with van der Waals surface area (Å²) < 4.78 is 16.2. The fraction of sp³-hybridized carbons (Fsp3) is 0.316. The summed E-state index contributed by atoms with van der Waals surface area (Å²) in [5.74, 6) is 1.17. The molecule has 2 aromatic rings. The lowest BCUT2D eigenvalue weighted by Gasteiger charge is -2.12. The predicted molar refractivity (Wildman–Crippen MR) is 88.7 cm³/mol. The van der Waals surface area contributed by atoms with E-state index >= 15 is 0 Å². The second-order valence-electron chi connectivity index (χ2n) is 5.06. The van der Waals surface area contributed by atoms with Crippen LogP contribution in [0.2, 0.25) is 0 Å². The Hall–Kier alpha value is -2.49. The van der Waals surface area contributed by atoms with Crippen molar-refractivity contribution in [2.45, 2.75) is 26.4 Å². The maximum absolute atomic E-state index is 11.5. The molecule has 0 saturated carbocycles. The van der Waals surface area contributed by atoms with Crippen molar-refractivity contribution in [3.63, 3.8) is 0 Å². The molecule has 0 aliphatic rings. The maximum atomic E-state index is 11.5. The Kier molecular flexibility index (Phi) is 6.48. The van der Waals surface area contributed by atoms with Gasteiger partial charge in [0.1, 0.15) is 6.61 Å². The monoisotopic (exact) mass is 314 g/mol. The Bertz CT molecular complexity index is 623. The first-order chi connectivity index (χ1) is 11.2. The molecule has 0 aromatic heterocycles. The fourth-order valence-electron chi connectivity index (χ4n) is 2.20. The van der Waals surface area contributed by atoms with Gasteiger partial charge in [0.15, 0.2) is 11.5 Å². The Morgan fingerprint density at radius 1 is 1.00 bits per heavy atom. The van der Waals surface area contributed by atoms with E-state index in [9.17, 15) is 4.79 Å². The zero-order valence-corrected chi connectivity index (χ0v) is 13.6. The first-order valence-corrected chi connectivity index (χ1v) is 7.72. The van der Waals surface area contributed by atoms with Crippen LogP contribution < -0.4 is 9.47 Å². The van der Waals surface area contributed by atoms with Crippen molar-refractivity contribution in [3.8, 4) is 11.5 Å². The van der Waals surface area contributed by atoms with Crippen LogP contribution in [0.25, 0.3) is 0 Å². The molecule has 0 bridgehead atoms. The molecule has 0 heterocycles. The SMILES string of the molecule is CCOC(=O)CCc1ccc(OC)c(OCc2ccccc2)c1. The van der Waals surface area contributed by atoms with Crippen molar-refractivity contribution in [1.29, 1.82) is 0 Å². The zero-order chi connectivity index (χ0) is 16.5. The zero-order valence-electron chi connectivity index (χ0n) is 13.6. The summed E-state index contributed by atoms with van der Waals surface area (Å²) in [4.78, 5) is 11.5. The molecule has 0 aliphatic heterocycles. The number of rotatable bonds is 8. The number of esters is 1. The van der Waals surface area contributed by atoms with Gasteiger partial charge in [-0.3, -0.25) is 4.79 Å². The highest BCUT2D eigenvalue weighted by molar-refractivity contribution is 5.69. The third-order valence-electron chi connectivity index (χ3n) is 3.39. The van der Waals surface area contributed by atoms with Crippen molar-refractivity contribution in [1.82, 2.24) is 0 Å². The molecule has 0 atom stereocenters. The van der Waals surface area contributed by atoms with Gasteiger partial charge in [0.05, 0.1) is 13.7 Å². The third kappa shape index (κ3) is 5.33. The number of aryl methyl sites for hydroxylation is 1. The van der Waals surface area contributed by atoms with E-state index in [-0.39, 0.29) is 5.97 Å². The summed E-state index contributed by atoms with van der Waals surface area (Å²) in [6.45, 7) is 2.69. The van der Waals surface area contributed by atoms with E-state index < -0.39 is 0 Å². The minimum absolute atomic E-state index is 0.185. The molecule has 0 unspecified atom stereocenters. The molecule has 4 nitrogen and oxygen atoms in total. The summed E-state index contributed by atoms with van der Waals surface area (Å²) in [5.41, 5.74) is 2.10. The van der Waals surface area contributed by atoms with Crippen molar-refractivity contribution >= 4 is 5.97 Å². The van der Waals surface area contributed by atoms with Crippen molar-refractivity contribution in [3.05, 3.63) is 59.7 Å². The highest BCUT2D eigenvalue weighted by atomic mass is 16.5. The molecular weight excluding hydrogens is 292 g/mol. The first-order valence-electron chi connectivity index (χ1n) is 7.72. The standard InChI is InChI=1S/C19H22O4/c1-3-22-19(20)12-10-15-9-11-17(21-2)18(13-15)23-14-16-7-5-4-6-8-16/h4-9,11,13H,3,10,12,14H2,1-2H3. The number of hydrogen-bond acceptors (Lipinski definition) is 4. The predicted octanol–water partition coefficient (Wildman–Crippen LogP) is 3.77. The number of methoxy groups -OCH3 is 1. The van der Waals surface area contributed by atoms with Gasteiger partial charge < -0.3 is 14.2 Å². The molecule has 122 valence electrons. The lowest BCUT2D eigenvalue weighted by molar-refractivity contribution is -0.143. The lowest BCUT2D eigenvalue weighted by atomic mass is 10.1. The number of hydrogen-bond donors (Lipinski definition) is 0. The van der Waals surface area contributed by atoms with Crippen molar-refractivity contribution in [2.24, 2.45) is 0 Å². The van der Waals surface area contributed by atoms with Crippen LogP contribution in [0.1, 0.15) is 24.5 Å². The van der Waals surface area contributed by atoms with Crippen molar-refractivity contribution in [2.75, 3.05) is 13.7 Å². The number of carbonyl (C=O) groups excluding carboxylic acids is 1. The second-order valence-corrected chi connectivity index (χ2v) is 5.06. The number of ether oxygens (including phenoxy) is 3. The molecule has 0 amide bonds. The van der Waals surface area contributed by atoms with E-state index in [2.05, 4.69) is 0 Å². The summed E-state index contributed by atoms with van der Waals surface area (Å²) in [5, 5.41) is 0. The van der Waals surface area contributed by atoms with Crippen LogP contribution in [-0.4, -0.2) is 19.7 Å². The van der Waals surface area contributed by atoms with Crippen LogP contribution in [0, 0.1) is 0 Å². The van der Waals surface area contributed by atoms with Crippen LogP contribution in [0.15, 0.2) is 48.5 Å². The van der Waals surface area contributed by atoms with Gasteiger partial charge in [0, 0.05) is 6.42 Å². The van der Waals surface area contributed by atoms with E-state index in [1.165, 1.54) is 0 Å². The van der Waals surface area contributed by atoms with Gasteiger partial charge in [-0.2, -0.15) is 0 Å². The molecular formula is C19H22O4. The highest BCUT2D eigenvalue weighted by Gasteiger charge is 2.08. The Balaban J connectivity index is 2.02. The quantitative estimate of drug-likeness (QED) is 0.696. The molecule has 0 saturated heterocycles. The van der Waals surface area contributed by atoms with E-state index in [1.807, 2.05) is 48.5 Å². The normalized spacial score (nSPS) is 10.2. The average molecular weight is 314 g/mol. The molecule has 2 aromatic carbocycles. The molecule has 4 heteroatoms.